The van der Waals surface area contributed by atoms with Crippen LogP contribution in [0.25, 0.3) is 0 Å². The summed E-state index contributed by atoms with van der Waals surface area (Å²) in [7, 11) is 0. The Balaban J connectivity index is 2.16. The fourth-order valence-corrected chi connectivity index (χ4v) is 1.59. The molecule has 0 aliphatic rings. The summed E-state index contributed by atoms with van der Waals surface area (Å²) in [6.07, 6.45) is 0. The number of benzene rings is 2. The second-order valence-corrected chi connectivity index (χ2v) is 3.82. The van der Waals surface area contributed by atoms with Crippen molar-refractivity contribution in [3.8, 4) is 17.9 Å². The molecule has 3 nitrogen and oxygen atoms in total. The average molecular weight is 252 g/mol. The predicted molar refractivity (Wildman–Crippen MR) is 66.6 cm³/mol. The summed E-state index contributed by atoms with van der Waals surface area (Å²) in [5.41, 5.74) is 1.09. The second kappa shape index (κ2) is 5.66. The van der Waals surface area contributed by atoms with Gasteiger partial charge >= 0.3 is 0 Å². The van der Waals surface area contributed by atoms with Gasteiger partial charge in [-0.25, -0.2) is 4.39 Å². The lowest BCUT2D eigenvalue weighted by Crippen LogP contribution is -1.98. The molecule has 4 heteroatoms. The minimum atomic E-state index is -0.552. The Hall–Kier alpha value is -2.85. The van der Waals surface area contributed by atoms with Gasteiger partial charge in [-0.3, -0.25) is 0 Å². The van der Waals surface area contributed by atoms with Crippen LogP contribution >= 0.6 is 0 Å². The number of hydrogen-bond acceptors (Lipinski definition) is 3. The minimum Gasteiger partial charge on any atom is -0.488 e. The molecule has 0 spiro atoms. The monoisotopic (exact) mass is 252 g/mol. The Bertz CT molecular complexity index is 683. The highest BCUT2D eigenvalue weighted by atomic mass is 19.1. The first kappa shape index (κ1) is 12.6. The van der Waals surface area contributed by atoms with Gasteiger partial charge in [-0.2, -0.15) is 10.5 Å². The van der Waals surface area contributed by atoms with Gasteiger partial charge in [-0.1, -0.05) is 18.2 Å². The number of rotatable bonds is 3. The molecule has 2 aromatic carbocycles. The van der Waals surface area contributed by atoms with E-state index in [0.29, 0.717) is 16.9 Å². The van der Waals surface area contributed by atoms with Gasteiger partial charge in [0.1, 0.15) is 30.3 Å². The first-order chi connectivity index (χ1) is 9.24. The van der Waals surface area contributed by atoms with Crippen molar-refractivity contribution in [2.45, 2.75) is 6.61 Å². The number of hydrogen-bond donors (Lipinski definition) is 0. The zero-order valence-electron chi connectivity index (χ0n) is 9.93. The smallest absolute Gasteiger partial charge is 0.140 e. The van der Waals surface area contributed by atoms with Gasteiger partial charge < -0.3 is 4.74 Å². The molecule has 92 valence electrons. The Morgan fingerprint density at radius 2 is 1.74 bits per heavy atom. The summed E-state index contributed by atoms with van der Waals surface area (Å²) >= 11 is 0. The zero-order chi connectivity index (χ0) is 13.7. The molecule has 0 aromatic heterocycles. The molecule has 0 heterocycles. The van der Waals surface area contributed by atoms with Crippen LogP contribution in [0.15, 0.2) is 42.5 Å². The maximum atomic E-state index is 13.1. The average Bonchev–Trinajstić information content (AvgIpc) is 2.46. The minimum absolute atomic E-state index is 0.0188. The van der Waals surface area contributed by atoms with Gasteiger partial charge in [0, 0.05) is 0 Å². The van der Waals surface area contributed by atoms with Crippen molar-refractivity contribution in [2.24, 2.45) is 0 Å². The second-order valence-electron chi connectivity index (χ2n) is 3.82. The van der Waals surface area contributed by atoms with Crippen LogP contribution in [0.2, 0.25) is 0 Å². The summed E-state index contributed by atoms with van der Waals surface area (Å²) in [5.74, 6) is -0.0866. The number of nitriles is 2. The molecule has 2 aromatic rings. The molecule has 19 heavy (non-hydrogen) atoms. The van der Waals surface area contributed by atoms with Crippen LogP contribution in [0.4, 0.5) is 4.39 Å². The van der Waals surface area contributed by atoms with Crippen molar-refractivity contribution in [1.82, 2.24) is 0 Å². The van der Waals surface area contributed by atoms with E-state index in [1.165, 1.54) is 12.1 Å². The van der Waals surface area contributed by atoms with Gasteiger partial charge in [0.2, 0.25) is 0 Å². The van der Waals surface area contributed by atoms with Crippen LogP contribution in [-0.4, -0.2) is 0 Å². The molecule has 0 unspecified atom stereocenters. The quantitative estimate of drug-likeness (QED) is 0.843. The van der Waals surface area contributed by atoms with E-state index in [9.17, 15) is 4.39 Å². The molecule has 0 N–H and O–H groups in total. The zero-order valence-corrected chi connectivity index (χ0v) is 9.93. The third kappa shape index (κ3) is 2.88. The number of ether oxygens (including phenoxy) is 1. The van der Waals surface area contributed by atoms with E-state index in [1.807, 2.05) is 6.07 Å². The van der Waals surface area contributed by atoms with E-state index in [4.69, 9.17) is 15.3 Å². The maximum Gasteiger partial charge on any atom is 0.140 e. The van der Waals surface area contributed by atoms with E-state index in [0.717, 1.165) is 0 Å². The van der Waals surface area contributed by atoms with E-state index >= 15 is 0 Å². The predicted octanol–water partition coefficient (Wildman–Crippen LogP) is 3.15. The first-order valence-electron chi connectivity index (χ1n) is 5.55. The normalized spacial score (nSPS) is 9.42. The molecule has 0 atom stereocenters. The lowest BCUT2D eigenvalue weighted by molar-refractivity contribution is 0.305. The lowest BCUT2D eigenvalue weighted by atomic mass is 10.1. The Labute approximate surface area is 110 Å². The number of halogens is 1. The molecule has 0 bridgehead atoms. The highest BCUT2D eigenvalue weighted by Gasteiger charge is 2.05. The van der Waals surface area contributed by atoms with Crippen LogP contribution in [0, 0.1) is 28.5 Å². The third-order valence-corrected chi connectivity index (χ3v) is 2.55. The van der Waals surface area contributed by atoms with E-state index in [1.54, 1.807) is 36.4 Å². The molecular weight excluding hydrogens is 243 g/mol. The summed E-state index contributed by atoms with van der Waals surface area (Å²) < 4.78 is 18.6. The van der Waals surface area contributed by atoms with Crippen molar-refractivity contribution >= 4 is 0 Å². The highest BCUT2D eigenvalue weighted by molar-refractivity contribution is 5.42. The van der Waals surface area contributed by atoms with Gasteiger partial charge in [-0.15, -0.1) is 0 Å². The van der Waals surface area contributed by atoms with Crippen LogP contribution in [-0.2, 0) is 6.61 Å². The van der Waals surface area contributed by atoms with Crippen LogP contribution in [0.3, 0.4) is 0 Å². The summed E-state index contributed by atoms with van der Waals surface area (Å²) in [6, 6.07) is 14.9. The molecule has 0 aliphatic carbocycles. The molecule has 0 saturated carbocycles. The van der Waals surface area contributed by atoms with Crippen LogP contribution in [0.5, 0.6) is 5.75 Å². The van der Waals surface area contributed by atoms with Gasteiger partial charge in [0.15, 0.2) is 0 Å². The van der Waals surface area contributed by atoms with Crippen LogP contribution < -0.4 is 4.74 Å². The molecule has 0 radical (unpaired) electrons. The molecular formula is C15H9FN2O. The van der Waals surface area contributed by atoms with Crippen molar-refractivity contribution in [3.63, 3.8) is 0 Å². The van der Waals surface area contributed by atoms with E-state index in [2.05, 4.69) is 0 Å². The third-order valence-electron chi connectivity index (χ3n) is 2.55. The van der Waals surface area contributed by atoms with Crippen molar-refractivity contribution < 1.29 is 9.13 Å². The summed E-state index contributed by atoms with van der Waals surface area (Å²) in [6.45, 7) is 0.174. The molecule has 2 rings (SSSR count). The molecule has 0 aliphatic heterocycles. The standard InChI is InChI=1S/C15H9FN2O/c16-14-6-5-11(7-13(14)9-18)10-19-15-4-2-1-3-12(15)8-17/h1-7H,10H2. The SMILES string of the molecule is N#Cc1cc(COc2ccccc2C#N)ccc1F. The van der Waals surface area contributed by atoms with E-state index < -0.39 is 5.82 Å². The fourth-order valence-electron chi connectivity index (χ4n) is 1.59. The summed E-state index contributed by atoms with van der Waals surface area (Å²) in [5, 5.41) is 17.6. The van der Waals surface area contributed by atoms with Crippen LogP contribution in [0.1, 0.15) is 16.7 Å². The summed E-state index contributed by atoms with van der Waals surface area (Å²) in [4.78, 5) is 0. The van der Waals surface area contributed by atoms with Gasteiger partial charge in [0.25, 0.3) is 0 Å². The first-order valence-corrected chi connectivity index (χ1v) is 5.55. The number of nitrogens with zero attached hydrogens (tertiary/aromatic N) is 2. The van der Waals surface area contributed by atoms with Gasteiger partial charge in [0.05, 0.1) is 11.1 Å². The lowest BCUT2D eigenvalue weighted by Gasteiger charge is -2.08. The molecule has 0 amide bonds. The van der Waals surface area contributed by atoms with Crippen molar-refractivity contribution in [2.75, 3.05) is 0 Å². The Morgan fingerprint density at radius 3 is 2.47 bits per heavy atom. The fraction of sp³-hybridized carbons (Fsp3) is 0.0667. The Kier molecular flexibility index (Phi) is 3.75. The largest absolute Gasteiger partial charge is 0.488 e. The van der Waals surface area contributed by atoms with E-state index in [-0.39, 0.29) is 12.2 Å². The Morgan fingerprint density at radius 1 is 1.00 bits per heavy atom. The highest BCUT2D eigenvalue weighted by Crippen LogP contribution is 2.19. The molecule has 0 fully saturated rings. The van der Waals surface area contributed by atoms with Crippen molar-refractivity contribution in [3.05, 3.63) is 65.0 Å². The van der Waals surface area contributed by atoms with Crippen molar-refractivity contribution in [1.29, 1.82) is 10.5 Å². The van der Waals surface area contributed by atoms with Gasteiger partial charge in [-0.05, 0) is 29.8 Å². The topological polar surface area (TPSA) is 56.8 Å². The molecule has 0 saturated heterocycles. The maximum absolute atomic E-state index is 13.1. The number of para-hydroxylation sites is 1.